The number of ether oxygens (including phenoxy) is 1. The molecule has 2 aromatic carbocycles. The molecule has 3 aromatic rings. The molecule has 0 radical (unpaired) electrons. The van der Waals surface area contributed by atoms with Crippen molar-refractivity contribution in [2.24, 2.45) is 0 Å². The lowest BCUT2D eigenvalue weighted by Gasteiger charge is -2.36. The second-order valence-electron chi connectivity index (χ2n) is 7.17. The van der Waals surface area contributed by atoms with Gasteiger partial charge < -0.3 is 14.5 Å². The molecule has 0 aliphatic carbocycles. The van der Waals surface area contributed by atoms with Crippen LogP contribution in [0.3, 0.4) is 0 Å². The zero-order valence-electron chi connectivity index (χ0n) is 17.3. The highest BCUT2D eigenvalue weighted by atomic mass is 35.5. The van der Waals surface area contributed by atoms with Gasteiger partial charge >= 0.3 is 0 Å². The van der Waals surface area contributed by atoms with Gasteiger partial charge in [0.2, 0.25) is 0 Å². The summed E-state index contributed by atoms with van der Waals surface area (Å²) in [6.45, 7) is 1.81. The first-order chi connectivity index (χ1) is 15.8. The molecule has 0 bridgehead atoms. The predicted octanol–water partition coefficient (Wildman–Crippen LogP) is 3.71. The predicted molar refractivity (Wildman–Crippen MR) is 127 cm³/mol. The molecular formula is C21H22ClFN4O4S2. The molecule has 33 heavy (non-hydrogen) atoms. The van der Waals surface area contributed by atoms with Crippen molar-refractivity contribution in [3.63, 3.8) is 0 Å². The molecule has 0 unspecified atom stereocenters. The molecule has 1 aliphatic heterocycles. The second kappa shape index (κ2) is 9.94. The number of carbonyl (C=O) groups is 1. The van der Waals surface area contributed by atoms with Gasteiger partial charge in [-0.05, 0) is 30.3 Å². The van der Waals surface area contributed by atoms with Crippen LogP contribution in [-0.4, -0.2) is 57.0 Å². The average Bonchev–Trinajstić information content (AvgIpc) is 3.32. The van der Waals surface area contributed by atoms with E-state index in [4.69, 9.17) is 16.3 Å². The highest BCUT2D eigenvalue weighted by Crippen LogP contribution is 2.24. The monoisotopic (exact) mass is 512 g/mol. The molecule has 8 nitrogen and oxygen atoms in total. The summed E-state index contributed by atoms with van der Waals surface area (Å²) < 4.78 is 46.4. The van der Waals surface area contributed by atoms with Crippen LogP contribution in [-0.2, 0) is 14.8 Å². The van der Waals surface area contributed by atoms with E-state index in [9.17, 15) is 17.6 Å². The number of anilines is 2. The molecule has 0 atom stereocenters. The number of benzene rings is 2. The van der Waals surface area contributed by atoms with E-state index in [1.54, 1.807) is 22.4 Å². The van der Waals surface area contributed by atoms with Crippen LogP contribution in [0.1, 0.15) is 1.43 Å². The van der Waals surface area contributed by atoms with Gasteiger partial charge in [-0.15, -0.1) is 11.3 Å². The minimum absolute atomic E-state index is 0. The summed E-state index contributed by atoms with van der Waals surface area (Å²) in [6, 6.07) is 10.6. The Bertz CT molecular complexity index is 1240. The van der Waals surface area contributed by atoms with Crippen molar-refractivity contribution in [2.45, 2.75) is 4.90 Å². The molecule has 1 fully saturated rings. The number of hydrogen-bond acceptors (Lipinski definition) is 7. The number of piperazine rings is 1. The Hall–Kier alpha value is -2.89. The third-order valence-corrected chi connectivity index (χ3v) is 7.48. The van der Waals surface area contributed by atoms with Crippen LogP contribution in [0, 0.1) is 5.82 Å². The first kappa shape index (κ1) is 23.3. The number of aromatic nitrogens is 1. The number of amides is 1. The fourth-order valence-corrected chi connectivity index (χ4v) is 5.31. The summed E-state index contributed by atoms with van der Waals surface area (Å²) in [4.78, 5) is 20.3. The van der Waals surface area contributed by atoms with Crippen LogP contribution in [0.4, 0.5) is 15.2 Å². The molecule has 0 saturated carbocycles. The summed E-state index contributed by atoms with van der Waals surface area (Å²) in [5.74, 6) is -0.431. The highest BCUT2D eigenvalue weighted by Gasteiger charge is 2.23. The lowest BCUT2D eigenvalue weighted by molar-refractivity contribution is -0.133. The Morgan fingerprint density at radius 3 is 2.70 bits per heavy atom. The molecule has 1 saturated heterocycles. The fraction of sp³-hybridized carbons (Fsp3) is 0.238. The SMILES string of the molecule is O=C(COc1ccc(F)c(Cl)c1)N1CCN(c2cccc(S(=O)(=O)Nc3nccs3)c2)CC1.[HH]. The van der Waals surface area contributed by atoms with Gasteiger partial charge in [0.1, 0.15) is 11.6 Å². The van der Waals surface area contributed by atoms with E-state index < -0.39 is 15.8 Å². The number of rotatable bonds is 7. The zero-order valence-corrected chi connectivity index (χ0v) is 19.7. The normalized spacial score (nSPS) is 14.2. The van der Waals surface area contributed by atoms with Gasteiger partial charge in [0.15, 0.2) is 11.7 Å². The maximum Gasteiger partial charge on any atom is 0.263 e. The summed E-state index contributed by atoms with van der Waals surface area (Å²) in [5, 5.41) is 1.92. The summed E-state index contributed by atoms with van der Waals surface area (Å²) in [7, 11) is -3.75. The van der Waals surface area contributed by atoms with Crippen LogP contribution in [0.15, 0.2) is 58.9 Å². The van der Waals surface area contributed by atoms with Crippen molar-refractivity contribution in [2.75, 3.05) is 42.4 Å². The third kappa shape index (κ3) is 5.73. The Morgan fingerprint density at radius 2 is 2.00 bits per heavy atom. The second-order valence-corrected chi connectivity index (χ2v) is 10.2. The zero-order chi connectivity index (χ0) is 23.4. The molecule has 2 heterocycles. The maximum absolute atomic E-state index is 13.2. The summed E-state index contributed by atoms with van der Waals surface area (Å²) in [6.07, 6.45) is 1.53. The van der Waals surface area contributed by atoms with E-state index in [2.05, 4.69) is 9.71 Å². The third-order valence-electron chi connectivity index (χ3n) is 5.03. The van der Waals surface area contributed by atoms with Gasteiger partial charge in [-0.25, -0.2) is 17.8 Å². The summed E-state index contributed by atoms with van der Waals surface area (Å²) in [5.41, 5.74) is 0.751. The van der Waals surface area contributed by atoms with E-state index in [0.29, 0.717) is 37.1 Å². The van der Waals surface area contributed by atoms with Crippen molar-refractivity contribution in [1.29, 1.82) is 0 Å². The standard InChI is InChI=1S/C21H20ClFN4O4S2.H2/c22-18-13-16(4-5-19(18)23)31-14-20(28)27-9-7-26(8-10-27)15-2-1-3-17(12-15)33(29,30)25-21-24-6-11-32-21;/h1-6,11-13H,7-10,14H2,(H,24,25);1H. The van der Waals surface area contributed by atoms with Gasteiger partial charge in [0.25, 0.3) is 15.9 Å². The number of sulfonamides is 1. The van der Waals surface area contributed by atoms with Gasteiger partial charge in [-0.2, -0.15) is 0 Å². The number of nitrogens with one attached hydrogen (secondary N) is 1. The topological polar surface area (TPSA) is 91.8 Å². The Labute approximate surface area is 201 Å². The first-order valence-electron chi connectivity index (χ1n) is 9.95. The van der Waals surface area contributed by atoms with E-state index >= 15 is 0 Å². The van der Waals surface area contributed by atoms with Crippen LogP contribution in [0.5, 0.6) is 5.75 Å². The van der Waals surface area contributed by atoms with Crippen LogP contribution >= 0.6 is 22.9 Å². The van der Waals surface area contributed by atoms with Crippen LogP contribution in [0.25, 0.3) is 0 Å². The number of nitrogens with zero attached hydrogens (tertiary/aromatic N) is 3. The minimum Gasteiger partial charge on any atom is -0.484 e. The van der Waals surface area contributed by atoms with Crippen LogP contribution < -0.4 is 14.4 Å². The van der Waals surface area contributed by atoms with Gasteiger partial charge in [-0.3, -0.25) is 9.52 Å². The van der Waals surface area contributed by atoms with Crippen molar-refractivity contribution in [1.82, 2.24) is 9.88 Å². The quantitative estimate of drug-likeness (QED) is 0.519. The molecule has 1 N–H and O–H groups in total. The lowest BCUT2D eigenvalue weighted by Crippen LogP contribution is -2.50. The molecule has 4 rings (SSSR count). The van der Waals surface area contributed by atoms with E-state index in [1.807, 2.05) is 11.0 Å². The van der Waals surface area contributed by atoms with Crippen LogP contribution in [0.2, 0.25) is 5.02 Å². The lowest BCUT2D eigenvalue weighted by atomic mass is 10.2. The van der Waals surface area contributed by atoms with Crippen molar-refractivity contribution < 1.29 is 23.8 Å². The fourth-order valence-electron chi connectivity index (χ4n) is 3.31. The molecular weight excluding hydrogens is 491 g/mol. The molecule has 12 heteroatoms. The Kier molecular flexibility index (Phi) is 7.01. The van der Waals surface area contributed by atoms with Gasteiger partial charge in [0.05, 0.1) is 9.92 Å². The van der Waals surface area contributed by atoms with E-state index in [0.717, 1.165) is 5.69 Å². The molecule has 1 amide bonds. The Morgan fingerprint density at radius 1 is 1.21 bits per heavy atom. The molecule has 0 spiro atoms. The number of carbonyl (C=O) groups excluding carboxylic acids is 1. The van der Waals surface area contributed by atoms with Crippen molar-refractivity contribution >= 4 is 49.7 Å². The minimum atomic E-state index is -3.75. The van der Waals surface area contributed by atoms with Crippen molar-refractivity contribution in [3.8, 4) is 5.75 Å². The largest absolute Gasteiger partial charge is 0.484 e. The Balaban J connectivity index is 0.00000324. The number of thiazole rings is 1. The number of halogens is 2. The number of hydrogen-bond donors (Lipinski definition) is 1. The van der Waals surface area contributed by atoms with Gasteiger partial charge in [0, 0.05) is 50.9 Å². The molecule has 1 aromatic heterocycles. The maximum atomic E-state index is 13.2. The van der Waals surface area contributed by atoms with Crippen molar-refractivity contribution in [3.05, 3.63) is 64.9 Å². The van der Waals surface area contributed by atoms with Gasteiger partial charge in [-0.1, -0.05) is 17.7 Å². The smallest absolute Gasteiger partial charge is 0.263 e. The first-order valence-corrected chi connectivity index (χ1v) is 12.7. The van der Waals surface area contributed by atoms with E-state index in [-0.39, 0.29) is 23.9 Å². The average molecular weight is 513 g/mol. The van der Waals surface area contributed by atoms with E-state index in [1.165, 1.54) is 41.8 Å². The molecule has 1 aliphatic rings. The summed E-state index contributed by atoms with van der Waals surface area (Å²) >= 11 is 6.93. The molecule has 176 valence electrons. The highest BCUT2D eigenvalue weighted by molar-refractivity contribution is 7.93.